The van der Waals surface area contributed by atoms with Gasteiger partial charge < -0.3 is 19.5 Å². The first-order chi connectivity index (χ1) is 9.99. The van der Waals surface area contributed by atoms with Crippen molar-refractivity contribution in [1.82, 2.24) is 5.32 Å². The summed E-state index contributed by atoms with van der Waals surface area (Å²) in [6.07, 6.45) is 5.20. The fourth-order valence-electron chi connectivity index (χ4n) is 3.06. The highest BCUT2D eigenvalue weighted by Crippen LogP contribution is 2.32. The molecule has 0 aromatic rings. The van der Waals surface area contributed by atoms with Crippen LogP contribution in [-0.4, -0.2) is 50.7 Å². The van der Waals surface area contributed by atoms with Crippen LogP contribution in [0.1, 0.15) is 59.8 Å². The van der Waals surface area contributed by atoms with Crippen LogP contribution in [0.5, 0.6) is 0 Å². The molecule has 1 aliphatic rings. The molecule has 4 nitrogen and oxygen atoms in total. The van der Waals surface area contributed by atoms with E-state index in [1.807, 2.05) is 0 Å². The zero-order valence-electron chi connectivity index (χ0n) is 14.7. The van der Waals surface area contributed by atoms with Crippen molar-refractivity contribution in [3.63, 3.8) is 0 Å². The Bertz CT molecular complexity index is 270. The highest BCUT2D eigenvalue weighted by Gasteiger charge is 2.41. The number of ether oxygens (including phenoxy) is 3. The van der Waals surface area contributed by atoms with Crippen molar-refractivity contribution < 1.29 is 14.2 Å². The third-order valence-electron chi connectivity index (χ3n) is 4.63. The number of hydrogen-bond acceptors (Lipinski definition) is 4. The summed E-state index contributed by atoms with van der Waals surface area (Å²) in [5.74, 6) is 0. The Morgan fingerprint density at radius 3 is 2.43 bits per heavy atom. The average Bonchev–Trinajstić information content (AvgIpc) is 2.48. The van der Waals surface area contributed by atoms with Gasteiger partial charge in [0.2, 0.25) is 0 Å². The predicted octanol–water partition coefficient (Wildman–Crippen LogP) is 3.15. The largest absolute Gasteiger partial charge is 0.381 e. The van der Waals surface area contributed by atoms with E-state index in [0.717, 1.165) is 58.5 Å². The second kappa shape index (κ2) is 9.09. The van der Waals surface area contributed by atoms with Gasteiger partial charge in [0.25, 0.3) is 0 Å². The fraction of sp³-hybridized carbons (Fsp3) is 1.00. The van der Waals surface area contributed by atoms with Gasteiger partial charge in [0.1, 0.15) is 0 Å². The molecule has 4 heteroatoms. The topological polar surface area (TPSA) is 39.7 Å². The average molecular weight is 301 g/mol. The molecule has 0 aliphatic carbocycles. The van der Waals surface area contributed by atoms with Crippen LogP contribution in [0.4, 0.5) is 0 Å². The molecule has 1 aliphatic heterocycles. The van der Waals surface area contributed by atoms with Crippen LogP contribution in [0.2, 0.25) is 0 Å². The molecular weight excluding hydrogens is 266 g/mol. The van der Waals surface area contributed by atoms with Gasteiger partial charge in [0.05, 0.1) is 11.2 Å². The van der Waals surface area contributed by atoms with E-state index in [9.17, 15) is 0 Å². The maximum absolute atomic E-state index is 6.25. The summed E-state index contributed by atoms with van der Waals surface area (Å²) in [6.45, 7) is 12.0. The van der Waals surface area contributed by atoms with Crippen molar-refractivity contribution in [2.45, 2.75) is 77.0 Å². The van der Waals surface area contributed by atoms with Gasteiger partial charge in [0.15, 0.2) is 0 Å². The van der Waals surface area contributed by atoms with Gasteiger partial charge >= 0.3 is 0 Å². The van der Waals surface area contributed by atoms with Gasteiger partial charge in [-0.1, -0.05) is 6.92 Å². The molecule has 0 radical (unpaired) electrons. The number of nitrogens with one attached hydrogen (secondary N) is 1. The number of rotatable bonds is 10. The minimum atomic E-state index is -0.0787. The maximum Gasteiger partial charge on any atom is 0.0878 e. The zero-order chi connectivity index (χ0) is 15.8. The van der Waals surface area contributed by atoms with E-state index in [1.54, 1.807) is 7.11 Å². The van der Waals surface area contributed by atoms with Gasteiger partial charge in [0, 0.05) is 45.8 Å². The molecule has 1 heterocycles. The van der Waals surface area contributed by atoms with E-state index in [2.05, 4.69) is 33.0 Å². The van der Waals surface area contributed by atoms with Crippen molar-refractivity contribution >= 4 is 0 Å². The lowest BCUT2D eigenvalue weighted by atomic mass is 9.81. The second-order valence-electron chi connectivity index (χ2n) is 6.62. The quantitative estimate of drug-likeness (QED) is 0.673. The monoisotopic (exact) mass is 301 g/mol. The molecule has 1 saturated heterocycles. The van der Waals surface area contributed by atoms with Gasteiger partial charge in [-0.2, -0.15) is 0 Å². The fourth-order valence-corrected chi connectivity index (χ4v) is 3.06. The van der Waals surface area contributed by atoms with E-state index in [4.69, 9.17) is 14.2 Å². The van der Waals surface area contributed by atoms with Crippen LogP contribution in [0.3, 0.4) is 0 Å². The summed E-state index contributed by atoms with van der Waals surface area (Å²) in [5.41, 5.74) is -0.156. The molecule has 0 spiro atoms. The van der Waals surface area contributed by atoms with Crippen LogP contribution in [-0.2, 0) is 14.2 Å². The van der Waals surface area contributed by atoms with E-state index in [-0.39, 0.29) is 11.2 Å². The minimum Gasteiger partial charge on any atom is -0.381 e. The molecule has 1 atom stereocenters. The van der Waals surface area contributed by atoms with Gasteiger partial charge in [-0.15, -0.1) is 0 Å². The van der Waals surface area contributed by atoms with Gasteiger partial charge in [-0.25, -0.2) is 0 Å². The number of hydrogen-bond donors (Lipinski definition) is 1. The molecule has 126 valence electrons. The summed E-state index contributed by atoms with van der Waals surface area (Å²) >= 11 is 0. The summed E-state index contributed by atoms with van der Waals surface area (Å²) in [5, 5.41) is 3.73. The van der Waals surface area contributed by atoms with Crippen LogP contribution < -0.4 is 5.32 Å². The Labute approximate surface area is 130 Å². The second-order valence-corrected chi connectivity index (χ2v) is 6.62. The van der Waals surface area contributed by atoms with E-state index >= 15 is 0 Å². The molecule has 0 aromatic heterocycles. The maximum atomic E-state index is 6.25. The lowest BCUT2D eigenvalue weighted by Crippen LogP contribution is -2.56. The van der Waals surface area contributed by atoms with Crippen molar-refractivity contribution in [2.75, 3.05) is 33.5 Å². The van der Waals surface area contributed by atoms with Crippen LogP contribution in [0.15, 0.2) is 0 Å². The van der Waals surface area contributed by atoms with Crippen LogP contribution in [0, 0.1) is 0 Å². The Kier molecular flexibility index (Phi) is 8.17. The Morgan fingerprint density at radius 2 is 1.90 bits per heavy atom. The SMILES string of the molecule is CCCNC(CCC(C)(C)OC)C1(OCC)CCOCC1. The Morgan fingerprint density at radius 1 is 1.24 bits per heavy atom. The molecule has 0 saturated carbocycles. The van der Waals surface area contributed by atoms with Crippen molar-refractivity contribution in [3.8, 4) is 0 Å². The first-order valence-corrected chi connectivity index (χ1v) is 8.50. The summed E-state index contributed by atoms with van der Waals surface area (Å²) in [7, 11) is 1.79. The first kappa shape index (κ1) is 18.9. The molecule has 1 fully saturated rings. The van der Waals surface area contributed by atoms with Gasteiger partial charge in [-0.3, -0.25) is 0 Å². The highest BCUT2D eigenvalue weighted by atomic mass is 16.5. The lowest BCUT2D eigenvalue weighted by molar-refractivity contribution is -0.130. The van der Waals surface area contributed by atoms with Crippen LogP contribution >= 0.6 is 0 Å². The van der Waals surface area contributed by atoms with E-state index in [1.165, 1.54) is 0 Å². The summed E-state index contributed by atoms with van der Waals surface area (Å²) in [6, 6.07) is 0.371. The molecule has 1 unspecified atom stereocenters. The van der Waals surface area contributed by atoms with E-state index in [0.29, 0.717) is 6.04 Å². The molecule has 21 heavy (non-hydrogen) atoms. The molecule has 1 N–H and O–H groups in total. The van der Waals surface area contributed by atoms with Crippen molar-refractivity contribution in [3.05, 3.63) is 0 Å². The van der Waals surface area contributed by atoms with Gasteiger partial charge in [-0.05, 0) is 46.6 Å². The Hall–Kier alpha value is -0.160. The van der Waals surface area contributed by atoms with E-state index < -0.39 is 0 Å². The number of methoxy groups -OCH3 is 1. The Balaban J connectivity index is 2.76. The molecule has 0 amide bonds. The van der Waals surface area contributed by atoms with Crippen LogP contribution in [0.25, 0.3) is 0 Å². The predicted molar refractivity (Wildman–Crippen MR) is 86.8 cm³/mol. The summed E-state index contributed by atoms with van der Waals surface area (Å²) in [4.78, 5) is 0. The summed E-state index contributed by atoms with van der Waals surface area (Å²) < 4.78 is 17.4. The van der Waals surface area contributed by atoms with Crippen molar-refractivity contribution in [1.29, 1.82) is 0 Å². The first-order valence-electron chi connectivity index (χ1n) is 8.50. The highest BCUT2D eigenvalue weighted by molar-refractivity contribution is 4.96. The normalized spacial score (nSPS) is 20.4. The third kappa shape index (κ3) is 5.85. The molecule has 0 bridgehead atoms. The smallest absolute Gasteiger partial charge is 0.0878 e. The standard InChI is InChI=1S/C17H35NO3/c1-6-12-18-15(8-9-16(3,4)19-5)17(21-7-2)10-13-20-14-11-17/h15,18H,6-14H2,1-5H3. The molecule has 0 aromatic carbocycles. The van der Waals surface area contributed by atoms with Crippen molar-refractivity contribution in [2.24, 2.45) is 0 Å². The molecule has 1 rings (SSSR count). The molecular formula is C17H35NO3. The third-order valence-corrected chi connectivity index (χ3v) is 4.63. The zero-order valence-corrected chi connectivity index (χ0v) is 14.7. The lowest BCUT2D eigenvalue weighted by Gasteiger charge is -2.44. The minimum absolute atomic E-state index is 0.0774.